The average Bonchev–Trinajstić information content (AvgIpc) is 2.05. The molecule has 1 nitrogen and oxygen atoms in total. The number of aldehydes is 1. The molecule has 1 rings (SSSR count). The van der Waals surface area contributed by atoms with Gasteiger partial charge in [0.1, 0.15) is 6.29 Å². The Morgan fingerprint density at radius 3 is 2.75 bits per heavy atom. The highest BCUT2D eigenvalue weighted by atomic mass is 16.1. The Morgan fingerprint density at radius 2 is 2.25 bits per heavy atom. The summed E-state index contributed by atoms with van der Waals surface area (Å²) < 4.78 is 0. The van der Waals surface area contributed by atoms with Crippen molar-refractivity contribution in [2.24, 2.45) is 5.92 Å². The molecule has 0 fully saturated rings. The fourth-order valence-corrected chi connectivity index (χ4v) is 1.51. The predicted octanol–water partition coefficient (Wildman–Crippen LogP) is 2.88. The first-order valence-corrected chi connectivity index (χ1v) is 4.42. The summed E-state index contributed by atoms with van der Waals surface area (Å²) >= 11 is 0. The monoisotopic (exact) mass is 164 g/mol. The second-order valence-electron chi connectivity index (χ2n) is 3.70. The third-order valence-electron chi connectivity index (χ3n) is 2.59. The molecule has 0 N–H and O–H groups in total. The molecule has 1 aliphatic rings. The third kappa shape index (κ3) is 1.84. The van der Waals surface area contributed by atoms with Crippen molar-refractivity contribution < 1.29 is 4.79 Å². The van der Waals surface area contributed by atoms with Gasteiger partial charge in [-0.1, -0.05) is 22.8 Å². The molecule has 0 unspecified atom stereocenters. The van der Waals surface area contributed by atoms with Crippen molar-refractivity contribution >= 4 is 6.29 Å². The molecule has 0 saturated carbocycles. The summed E-state index contributed by atoms with van der Waals surface area (Å²) in [4.78, 5) is 10.7. The van der Waals surface area contributed by atoms with Crippen LogP contribution in [0.5, 0.6) is 0 Å². The van der Waals surface area contributed by atoms with Crippen molar-refractivity contribution in [3.63, 3.8) is 0 Å². The number of rotatable bonds is 1. The smallest absolute Gasteiger partial charge is 0.127 e. The van der Waals surface area contributed by atoms with Crippen molar-refractivity contribution in [3.8, 4) is 0 Å². The molecule has 0 aromatic heterocycles. The normalized spacial score (nSPS) is 23.4. The molecule has 1 atom stereocenters. The Labute approximate surface area is 74.2 Å². The summed E-state index contributed by atoms with van der Waals surface area (Å²) in [6.07, 6.45) is 5.21. The minimum Gasteiger partial charge on any atom is -0.303 e. The molecule has 1 heteroatoms. The molecule has 0 heterocycles. The largest absolute Gasteiger partial charge is 0.303 e. The van der Waals surface area contributed by atoms with Gasteiger partial charge < -0.3 is 4.79 Å². The Morgan fingerprint density at radius 1 is 1.58 bits per heavy atom. The maximum absolute atomic E-state index is 10.7. The van der Waals surface area contributed by atoms with Crippen LogP contribution in [0.2, 0.25) is 0 Å². The predicted molar refractivity (Wildman–Crippen MR) is 50.9 cm³/mol. The van der Waals surface area contributed by atoms with Gasteiger partial charge in [-0.25, -0.2) is 0 Å². The number of allylic oxidation sites excluding steroid dienone is 4. The van der Waals surface area contributed by atoms with E-state index in [1.165, 1.54) is 16.7 Å². The van der Waals surface area contributed by atoms with Gasteiger partial charge in [0, 0.05) is 5.92 Å². The first-order valence-electron chi connectivity index (χ1n) is 4.42. The molecule has 0 amide bonds. The molecule has 0 spiro atoms. The van der Waals surface area contributed by atoms with Gasteiger partial charge in [-0.3, -0.25) is 0 Å². The van der Waals surface area contributed by atoms with Crippen molar-refractivity contribution in [1.29, 1.82) is 0 Å². The zero-order valence-electron chi connectivity index (χ0n) is 8.05. The lowest BCUT2D eigenvalue weighted by atomic mass is 9.85. The molecule has 0 aromatic rings. The molecule has 0 radical (unpaired) electrons. The van der Waals surface area contributed by atoms with E-state index in [4.69, 9.17) is 0 Å². The molecular formula is C11H16O. The lowest BCUT2D eigenvalue weighted by molar-refractivity contribution is -0.110. The van der Waals surface area contributed by atoms with Crippen molar-refractivity contribution in [1.82, 2.24) is 0 Å². The van der Waals surface area contributed by atoms with Crippen LogP contribution >= 0.6 is 0 Å². The van der Waals surface area contributed by atoms with Crippen LogP contribution in [-0.4, -0.2) is 6.29 Å². The first-order chi connectivity index (χ1) is 5.65. The summed E-state index contributed by atoms with van der Waals surface area (Å²) in [6, 6.07) is 0. The number of carbonyl (C=O) groups is 1. The zero-order valence-corrected chi connectivity index (χ0v) is 8.05. The lowest BCUT2D eigenvalue weighted by Crippen LogP contribution is -2.10. The van der Waals surface area contributed by atoms with Gasteiger partial charge in [0.25, 0.3) is 0 Å². The molecular weight excluding hydrogens is 148 g/mol. The van der Waals surface area contributed by atoms with Crippen LogP contribution in [0.3, 0.4) is 0 Å². The van der Waals surface area contributed by atoms with E-state index in [1.54, 1.807) is 0 Å². The number of carbonyl (C=O) groups excluding carboxylic acids is 1. The van der Waals surface area contributed by atoms with Crippen molar-refractivity contribution in [3.05, 3.63) is 22.8 Å². The number of hydrogen-bond acceptors (Lipinski definition) is 1. The van der Waals surface area contributed by atoms with Gasteiger partial charge in [0.05, 0.1) is 0 Å². The Kier molecular flexibility index (Phi) is 2.85. The second kappa shape index (κ2) is 3.70. The molecule has 0 bridgehead atoms. The van der Waals surface area contributed by atoms with Crippen LogP contribution in [-0.2, 0) is 4.79 Å². The van der Waals surface area contributed by atoms with Crippen molar-refractivity contribution in [2.45, 2.75) is 33.6 Å². The van der Waals surface area contributed by atoms with E-state index in [0.29, 0.717) is 0 Å². The Bertz CT molecular complexity index is 242. The van der Waals surface area contributed by atoms with E-state index in [9.17, 15) is 4.79 Å². The van der Waals surface area contributed by atoms with Crippen molar-refractivity contribution in [2.75, 3.05) is 0 Å². The summed E-state index contributed by atoms with van der Waals surface area (Å²) in [5.74, 6) is 0.142. The first kappa shape index (κ1) is 9.24. The van der Waals surface area contributed by atoms with Crippen LogP contribution in [0.4, 0.5) is 0 Å². The van der Waals surface area contributed by atoms with Gasteiger partial charge in [-0.2, -0.15) is 0 Å². The summed E-state index contributed by atoms with van der Waals surface area (Å²) in [5, 5.41) is 0. The molecule has 0 aliphatic heterocycles. The maximum atomic E-state index is 10.7. The molecule has 0 aromatic carbocycles. The van der Waals surface area contributed by atoms with E-state index in [-0.39, 0.29) is 5.92 Å². The quantitative estimate of drug-likeness (QED) is 0.430. The van der Waals surface area contributed by atoms with Gasteiger partial charge in [-0.15, -0.1) is 0 Å². The second-order valence-corrected chi connectivity index (χ2v) is 3.70. The lowest BCUT2D eigenvalue weighted by Gasteiger charge is -2.20. The summed E-state index contributed by atoms with van der Waals surface area (Å²) in [7, 11) is 0. The fourth-order valence-electron chi connectivity index (χ4n) is 1.51. The van der Waals surface area contributed by atoms with Gasteiger partial charge in [0.2, 0.25) is 0 Å². The molecule has 1 aliphatic carbocycles. The zero-order chi connectivity index (χ0) is 9.14. The SMILES string of the molecule is CC1=CCC(=C(C)C)C[C@@H]1C=O. The van der Waals surface area contributed by atoms with E-state index < -0.39 is 0 Å². The molecule has 12 heavy (non-hydrogen) atoms. The summed E-state index contributed by atoms with van der Waals surface area (Å²) in [6.45, 7) is 6.28. The molecule has 0 saturated heterocycles. The number of hydrogen-bond donors (Lipinski definition) is 0. The summed E-state index contributed by atoms with van der Waals surface area (Å²) in [5.41, 5.74) is 4.03. The highest BCUT2D eigenvalue weighted by Gasteiger charge is 2.16. The Hall–Kier alpha value is -0.850. The van der Waals surface area contributed by atoms with Crippen LogP contribution in [0.15, 0.2) is 22.8 Å². The highest BCUT2D eigenvalue weighted by Crippen LogP contribution is 2.28. The highest BCUT2D eigenvalue weighted by molar-refractivity contribution is 5.60. The van der Waals surface area contributed by atoms with Crippen LogP contribution in [0.1, 0.15) is 33.6 Å². The van der Waals surface area contributed by atoms with Crippen LogP contribution in [0, 0.1) is 5.92 Å². The van der Waals surface area contributed by atoms with Gasteiger partial charge in [0.15, 0.2) is 0 Å². The van der Waals surface area contributed by atoms with E-state index in [0.717, 1.165) is 19.1 Å². The fraction of sp³-hybridized carbons (Fsp3) is 0.545. The topological polar surface area (TPSA) is 17.1 Å². The average molecular weight is 164 g/mol. The van der Waals surface area contributed by atoms with E-state index >= 15 is 0 Å². The standard InChI is InChI=1S/C11H16O/c1-8(2)10-5-4-9(3)11(6-10)7-12/h4,7,11H,5-6H2,1-3H3/t11-/m1/s1. The third-order valence-corrected chi connectivity index (χ3v) is 2.59. The maximum Gasteiger partial charge on any atom is 0.127 e. The van der Waals surface area contributed by atoms with E-state index in [2.05, 4.69) is 19.9 Å². The van der Waals surface area contributed by atoms with Crippen LogP contribution < -0.4 is 0 Å². The van der Waals surface area contributed by atoms with E-state index in [1.807, 2.05) is 6.92 Å². The van der Waals surface area contributed by atoms with Gasteiger partial charge >= 0.3 is 0 Å². The minimum atomic E-state index is 0.142. The minimum absolute atomic E-state index is 0.142. The van der Waals surface area contributed by atoms with Crippen LogP contribution in [0.25, 0.3) is 0 Å². The van der Waals surface area contributed by atoms with Gasteiger partial charge in [-0.05, 0) is 33.6 Å². The molecule has 66 valence electrons. The Balaban J connectivity index is 2.85.